The van der Waals surface area contributed by atoms with Crippen molar-refractivity contribution in [2.24, 2.45) is 11.8 Å². The van der Waals surface area contributed by atoms with E-state index in [1.54, 1.807) is 9.80 Å². The quantitative estimate of drug-likeness (QED) is 0.394. The molecule has 1 aromatic carbocycles. The molecule has 1 spiro atoms. The number of carbonyl (C=O) groups excluding carboxylic acids is 3. The van der Waals surface area contributed by atoms with Crippen molar-refractivity contribution in [3.63, 3.8) is 0 Å². The fraction of sp³-hybridized carbons (Fsp3) is 0.594. The number of aliphatic hydroxyl groups excluding tert-OH is 1. The standard InChI is InChI=1S/C32H42N2O6/c1-3-5-18-33-19-13-17-32-25(26-30(38)39-20-12-7-6-11-16-31(26,4-2)40-32)28(36)34(27(32)29(33)37)24(22-35)21-23-14-9-8-10-15-23/h8-11,13-17,24-27,35H,3-7,12,18-22H2,1-2H3/b16-11-/t24-,25+,26+,27?,31-,32+/m1/s1. The number of cyclic esters (lactones) is 1. The zero-order chi connectivity index (χ0) is 28.3. The van der Waals surface area contributed by atoms with Gasteiger partial charge in [0.1, 0.15) is 23.2 Å². The molecule has 2 fully saturated rings. The number of esters is 1. The highest BCUT2D eigenvalue weighted by Gasteiger charge is 2.75. The second-order valence-corrected chi connectivity index (χ2v) is 11.5. The van der Waals surface area contributed by atoms with Crippen LogP contribution in [0.15, 0.2) is 54.6 Å². The van der Waals surface area contributed by atoms with Gasteiger partial charge in [0.15, 0.2) is 0 Å². The highest BCUT2D eigenvalue weighted by molar-refractivity contribution is 5.99. The third-order valence-corrected chi connectivity index (χ3v) is 9.10. The summed E-state index contributed by atoms with van der Waals surface area (Å²) in [6.45, 7) is 4.96. The van der Waals surface area contributed by atoms with E-state index in [0.717, 1.165) is 37.7 Å². The van der Waals surface area contributed by atoms with Gasteiger partial charge in [-0.25, -0.2) is 0 Å². The van der Waals surface area contributed by atoms with Gasteiger partial charge in [-0.15, -0.1) is 0 Å². The van der Waals surface area contributed by atoms with Crippen LogP contribution in [0.3, 0.4) is 0 Å². The summed E-state index contributed by atoms with van der Waals surface area (Å²) in [7, 11) is 0. The first-order chi connectivity index (χ1) is 19.4. The number of rotatable bonds is 8. The molecule has 8 nitrogen and oxygen atoms in total. The number of aliphatic hydroxyl groups is 1. The molecule has 40 heavy (non-hydrogen) atoms. The monoisotopic (exact) mass is 550 g/mol. The van der Waals surface area contributed by atoms with Crippen LogP contribution in [0, 0.1) is 11.8 Å². The van der Waals surface area contributed by atoms with Gasteiger partial charge in [-0.2, -0.15) is 0 Å². The number of allylic oxidation sites excluding steroid dienone is 1. The zero-order valence-electron chi connectivity index (χ0n) is 23.7. The van der Waals surface area contributed by atoms with Gasteiger partial charge in [0.05, 0.1) is 25.2 Å². The minimum absolute atomic E-state index is 0.201. The van der Waals surface area contributed by atoms with Crippen LogP contribution in [0.5, 0.6) is 0 Å². The van der Waals surface area contributed by atoms with Crippen LogP contribution >= 0.6 is 0 Å². The third kappa shape index (κ3) is 4.79. The van der Waals surface area contributed by atoms with Crippen LogP contribution in [-0.2, 0) is 30.3 Å². The molecule has 0 radical (unpaired) electrons. The Morgan fingerprint density at radius 3 is 2.55 bits per heavy atom. The van der Waals surface area contributed by atoms with E-state index in [0.29, 0.717) is 25.9 Å². The van der Waals surface area contributed by atoms with Crippen molar-refractivity contribution in [3.8, 4) is 0 Å². The second-order valence-electron chi connectivity index (χ2n) is 11.5. The number of unbranched alkanes of at least 4 members (excludes halogenated alkanes) is 1. The summed E-state index contributed by atoms with van der Waals surface area (Å²) in [5, 5.41) is 10.6. The average molecular weight is 551 g/mol. The van der Waals surface area contributed by atoms with E-state index in [9.17, 15) is 19.5 Å². The Bertz CT molecular complexity index is 1150. The fourth-order valence-electron chi connectivity index (χ4n) is 7.10. The van der Waals surface area contributed by atoms with Gasteiger partial charge >= 0.3 is 5.97 Å². The predicted molar refractivity (Wildman–Crippen MR) is 150 cm³/mol. The second kappa shape index (κ2) is 11.9. The van der Waals surface area contributed by atoms with Crippen molar-refractivity contribution in [2.75, 3.05) is 26.3 Å². The van der Waals surface area contributed by atoms with Gasteiger partial charge in [0, 0.05) is 13.1 Å². The van der Waals surface area contributed by atoms with E-state index in [1.807, 2.05) is 61.6 Å². The first-order valence-electron chi connectivity index (χ1n) is 14.9. The molecule has 0 aromatic heterocycles. The maximum atomic E-state index is 14.6. The van der Waals surface area contributed by atoms with E-state index in [-0.39, 0.29) is 25.0 Å². The van der Waals surface area contributed by atoms with Crippen molar-refractivity contribution < 1.29 is 29.0 Å². The average Bonchev–Trinajstić information content (AvgIpc) is 3.33. The predicted octanol–water partition coefficient (Wildman–Crippen LogP) is 3.43. The summed E-state index contributed by atoms with van der Waals surface area (Å²) in [5.74, 6) is -2.83. The van der Waals surface area contributed by atoms with Crippen molar-refractivity contribution in [3.05, 3.63) is 60.2 Å². The van der Waals surface area contributed by atoms with Crippen LogP contribution in [0.1, 0.15) is 57.9 Å². The summed E-state index contributed by atoms with van der Waals surface area (Å²) in [4.78, 5) is 46.1. The summed E-state index contributed by atoms with van der Waals surface area (Å²) >= 11 is 0. The van der Waals surface area contributed by atoms with Crippen LogP contribution in [-0.4, -0.2) is 82.3 Å². The van der Waals surface area contributed by atoms with Crippen LogP contribution in [0.4, 0.5) is 0 Å². The van der Waals surface area contributed by atoms with Crippen LogP contribution < -0.4 is 0 Å². The molecule has 4 heterocycles. The molecular weight excluding hydrogens is 508 g/mol. The number of benzene rings is 1. The Labute approximate surface area is 237 Å². The Kier molecular flexibility index (Phi) is 8.47. The molecule has 0 aliphatic carbocycles. The largest absolute Gasteiger partial charge is 0.465 e. The maximum absolute atomic E-state index is 14.6. The molecule has 1 unspecified atom stereocenters. The Hall–Kier alpha value is -2.97. The number of carbonyl (C=O) groups is 3. The zero-order valence-corrected chi connectivity index (χ0v) is 23.7. The number of hydrogen-bond donors (Lipinski definition) is 1. The summed E-state index contributed by atoms with van der Waals surface area (Å²) in [6, 6.07) is 7.99. The molecule has 6 atom stereocenters. The molecule has 8 heteroatoms. The lowest BCUT2D eigenvalue weighted by atomic mass is 9.73. The van der Waals surface area contributed by atoms with Gasteiger partial charge in [0.2, 0.25) is 11.8 Å². The minimum Gasteiger partial charge on any atom is -0.465 e. The fourth-order valence-corrected chi connectivity index (χ4v) is 7.10. The number of ether oxygens (including phenoxy) is 2. The van der Waals surface area contributed by atoms with E-state index in [4.69, 9.17) is 9.47 Å². The molecule has 4 aliphatic rings. The molecule has 5 rings (SSSR count). The van der Waals surface area contributed by atoms with Gasteiger partial charge in [-0.1, -0.05) is 74.9 Å². The number of likely N-dealkylation sites (tertiary alicyclic amines) is 1. The summed E-state index contributed by atoms with van der Waals surface area (Å²) < 4.78 is 12.8. The first-order valence-corrected chi connectivity index (χ1v) is 14.9. The Balaban J connectivity index is 1.65. The molecule has 1 N–H and O–H groups in total. The first kappa shape index (κ1) is 28.6. The molecule has 4 aliphatic heterocycles. The minimum atomic E-state index is -1.35. The topological polar surface area (TPSA) is 96.4 Å². The van der Waals surface area contributed by atoms with Gasteiger partial charge in [-0.05, 0) is 44.1 Å². The molecular formula is C32H42N2O6. The van der Waals surface area contributed by atoms with Crippen LogP contribution in [0.2, 0.25) is 0 Å². The highest BCUT2D eigenvalue weighted by Crippen LogP contribution is 2.58. The normalized spacial score (nSPS) is 33.6. The number of fused-ring (bicyclic) bond motifs is 2. The lowest BCUT2D eigenvalue weighted by molar-refractivity contribution is -0.163. The van der Waals surface area contributed by atoms with Crippen molar-refractivity contribution in [1.29, 1.82) is 0 Å². The molecule has 216 valence electrons. The van der Waals surface area contributed by atoms with E-state index >= 15 is 0 Å². The SMILES string of the molecule is CCCCN1CC=C[C@]23O[C@]4(CC)/C=C\CCCCOC(=O)[C@@H]4[C@H]2C(=O)N([C@@H](CO)Cc2ccccc2)C3C1=O. The Morgan fingerprint density at radius 1 is 1.02 bits per heavy atom. The highest BCUT2D eigenvalue weighted by atomic mass is 16.6. The summed E-state index contributed by atoms with van der Waals surface area (Å²) in [5.41, 5.74) is -1.47. The lowest BCUT2D eigenvalue weighted by Gasteiger charge is -2.41. The molecule has 1 aromatic rings. The van der Waals surface area contributed by atoms with E-state index < -0.39 is 41.1 Å². The van der Waals surface area contributed by atoms with Gasteiger partial charge in [-0.3, -0.25) is 14.4 Å². The molecule has 0 bridgehead atoms. The molecule has 2 saturated heterocycles. The van der Waals surface area contributed by atoms with Crippen molar-refractivity contribution in [1.82, 2.24) is 9.80 Å². The molecule has 2 amide bonds. The molecule has 0 saturated carbocycles. The maximum Gasteiger partial charge on any atom is 0.313 e. The van der Waals surface area contributed by atoms with Gasteiger partial charge < -0.3 is 24.4 Å². The van der Waals surface area contributed by atoms with Crippen molar-refractivity contribution in [2.45, 2.75) is 82.1 Å². The number of hydrogen-bond acceptors (Lipinski definition) is 6. The number of nitrogens with zero attached hydrogens (tertiary/aromatic N) is 2. The van der Waals surface area contributed by atoms with Gasteiger partial charge in [0.25, 0.3) is 0 Å². The Morgan fingerprint density at radius 2 is 1.82 bits per heavy atom. The van der Waals surface area contributed by atoms with E-state index in [1.165, 1.54) is 0 Å². The third-order valence-electron chi connectivity index (χ3n) is 9.10. The smallest absolute Gasteiger partial charge is 0.313 e. The van der Waals surface area contributed by atoms with Crippen molar-refractivity contribution >= 4 is 17.8 Å². The summed E-state index contributed by atoms with van der Waals surface area (Å²) in [6.07, 6.45) is 12.8. The number of amides is 2. The lowest BCUT2D eigenvalue weighted by Crippen LogP contribution is -2.59. The van der Waals surface area contributed by atoms with Crippen LogP contribution in [0.25, 0.3) is 0 Å². The van der Waals surface area contributed by atoms with E-state index in [2.05, 4.69) is 6.92 Å².